The maximum absolute atomic E-state index is 3.91. The number of hydrogen-bond donors (Lipinski definition) is 3. The van der Waals surface area contributed by atoms with Gasteiger partial charge in [0.15, 0.2) is 0 Å². The summed E-state index contributed by atoms with van der Waals surface area (Å²) in [7, 11) is 0. The standard InChI is InChI=1S/C25H33N3/c1-17-7-12-23-24(13-17)28-25(2,27-23)21-8-10-22(11-9-21)26-16-18-14-19-5-3-4-6-20(19)15-18/h3-7,12-13,18,21-22,26-28H,8-11,14-16H2,1-2H3. The van der Waals surface area contributed by atoms with Gasteiger partial charge in [-0.05, 0) is 93.7 Å². The summed E-state index contributed by atoms with van der Waals surface area (Å²) in [4.78, 5) is 0. The normalized spacial score (nSPS) is 29.1. The van der Waals surface area contributed by atoms with Crippen molar-refractivity contribution >= 4 is 11.4 Å². The second-order valence-electron chi connectivity index (χ2n) is 9.50. The van der Waals surface area contributed by atoms with E-state index >= 15 is 0 Å². The lowest BCUT2D eigenvalue weighted by atomic mass is 9.78. The molecule has 148 valence electrons. The summed E-state index contributed by atoms with van der Waals surface area (Å²) >= 11 is 0. The second-order valence-corrected chi connectivity index (χ2v) is 9.50. The predicted molar refractivity (Wildman–Crippen MR) is 118 cm³/mol. The minimum Gasteiger partial charge on any atom is -0.361 e. The Hall–Kier alpha value is -2.00. The van der Waals surface area contributed by atoms with Crippen LogP contribution in [0.3, 0.4) is 0 Å². The van der Waals surface area contributed by atoms with Gasteiger partial charge in [-0.15, -0.1) is 0 Å². The van der Waals surface area contributed by atoms with Gasteiger partial charge in [0.25, 0.3) is 0 Å². The fourth-order valence-electron chi connectivity index (χ4n) is 5.67. The molecule has 5 rings (SSSR count). The monoisotopic (exact) mass is 375 g/mol. The van der Waals surface area contributed by atoms with E-state index in [1.54, 1.807) is 11.1 Å². The highest BCUT2D eigenvalue weighted by Crippen LogP contribution is 2.42. The lowest BCUT2D eigenvalue weighted by molar-refractivity contribution is 0.228. The molecule has 0 amide bonds. The van der Waals surface area contributed by atoms with Crippen LogP contribution in [-0.2, 0) is 12.8 Å². The molecule has 0 aromatic heterocycles. The zero-order valence-corrected chi connectivity index (χ0v) is 17.2. The third-order valence-electron chi connectivity index (χ3n) is 7.34. The van der Waals surface area contributed by atoms with Gasteiger partial charge >= 0.3 is 0 Å². The molecule has 1 atom stereocenters. The molecule has 1 saturated carbocycles. The van der Waals surface area contributed by atoms with E-state index in [-0.39, 0.29) is 5.66 Å². The van der Waals surface area contributed by atoms with Gasteiger partial charge in [-0.3, -0.25) is 0 Å². The van der Waals surface area contributed by atoms with Crippen LogP contribution in [0, 0.1) is 18.8 Å². The first-order valence-corrected chi connectivity index (χ1v) is 11.1. The van der Waals surface area contributed by atoms with Crippen molar-refractivity contribution in [2.24, 2.45) is 11.8 Å². The predicted octanol–water partition coefficient (Wildman–Crippen LogP) is 5.11. The Morgan fingerprint density at radius 3 is 2.32 bits per heavy atom. The average Bonchev–Trinajstić information content (AvgIpc) is 3.27. The zero-order valence-electron chi connectivity index (χ0n) is 17.2. The van der Waals surface area contributed by atoms with E-state index in [2.05, 4.69) is 72.3 Å². The summed E-state index contributed by atoms with van der Waals surface area (Å²) < 4.78 is 0. The Labute approximate surface area is 169 Å². The second kappa shape index (κ2) is 7.11. The van der Waals surface area contributed by atoms with Crippen LogP contribution in [0.1, 0.15) is 49.3 Å². The van der Waals surface area contributed by atoms with E-state index in [1.165, 1.54) is 62.0 Å². The highest BCUT2D eigenvalue weighted by atomic mass is 15.3. The van der Waals surface area contributed by atoms with Crippen molar-refractivity contribution in [3.05, 3.63) is 59.2 Å². The molecule has 3 N–H and O–H groups in total. The van der Waals surface area contributed by atoms with E-state index in [1.807, 2.05) is 0 Å². The maximum Gasteiger partial charge on any atom is 0.108 e. The van der Waals surface area contributed by atoms with E-state index in [9.17, 15) is 0 Å². The summed E-state index contributed by atoms with van der Waals surface area (Å²) in [6.45, 7) is 5.68. The zero-order chi connectivity index (χ0) is 19.1. The highest BCUT2D eigenvalue weighted by Gasteiger charge is 2.40. The summed E-state index contributed by atoms with van der Waals surface area (Å²) in [5, 5.41) is 11.5. The smallest absolute Gasteiger partial charge is 0.108 e. The summed E-state index contributed by atoms with van der Waals surface area (Å²) in [6.07, 6.45) is 7.65. The topological polar surface area (TPSA) is 36.1 Å². The van der Waals surface area contributed by atoms with Gasteiger partial charge in [-0.1, -0.05) is 30.3 Å². The Balaban J connectivity index is 1.12. The fourth-order valence-corrected chi connectivity index (χ4v) is 5.67. The number of nitrogens with one attached hydrogen (secondary N) is 3. The molecule has 0 bridgehead atoms. The first-order chi connectivity index (χ1) is 13.6. The van der Waals surface area contributed by atoms with Crippen molar-refractivity contribution in [1.82, 2.24) is 5.32 Å². The third-order valence-corrected chi connectivity index (χ3v) is 7.34. The summed E-state index contributed by atoms with van der Waals surface area (Å²) in [5.74, 6) is 1.46. The number of fused-ring (bicyclic) bond motifs is 2. The quantitative estimate of drug-likeness (QED) is 0.695. The van der Waals surface area contributed by atoms with Crippen molar-refractivity contribution in [1.29, 1.82) is 0 Å². The largest absolute Gasteiger partial charge is 0.361 e. The number of anilines is 2. The molecule has 1 aliphatic heterocycles. The lowest BCUT2D eigenvalue weighted by Crippen LogP contribution is -2.49. The summed E-state index contributed by atoms with van der Waals surface area (Å²) in [6, 6.07) is 16.3. The van der Waals surface area contributed by atoms with Crippen molar-refractivity contribution in [3.8, 4) is 0 Å². The summed E-state index contributed by atoms with van der Waals surface area (Å²) in [5.41, 5.74) is 6.98. The first-order valence-electron chi connectivity index (χ1n) is 11.1. The number of rotatable bonds is 4. The molecule has 28 heavy (non-hydrogen) atoms. The molecule has 2 aliphatic carbocycles. The van der Waals surface area contributed by atoms with Crippen LogP contribution in [0.25, 0.3) is 0 Å². The van der Waals surface area contributed by atoms with Gasteiger partial charge in [0.2, 0.25) is 0 Å². The SMILES string of the molecule is Cc1ccc2c(c1)NC(C)(C1CCC(NCC3Cc4ccccc4C3)CC1)N2. The van der Waals surface area contributed by atoms with Crippen LogP contribution in [-0.4, -0.2) is 18.2 Å². The van der Waals surface area contributed by atoms with E-state index in [0.29, 0.717) is 12.0 Å². The average molecular weight is 376 g/mol. The van der Waals surface area contributed by atoms with Gasteiger partial charge in [-0.25, -0.2) is 0 Å². The molecule has 1 heterocycles. The molecule has 0 saturated heterocycles. The third kappa shape index (κ3) is 3.41. The molecule has 0 radical (unpaired) electrons. The van der Waals surface area contributed by atoms with Gasteiger partial charge < -0.3 is 16.0 Å². The Kier molecular flexibility index (Phi) is 4.59. The van der Waals surface area contributed by atoms with E-state index < -0.39 is 0 Å². The van der Waals surface area contributed by atoms with Gasteiger partial charge in [0, 0.05) is 12.0 Å². The maximum atomic E-state index is 3.91. The van der Waals surface area contributed by atoms with E-state index in [4.69, 9.17) is 0 Å². The van der Waals surface area contributed by atoms with Crippen LogP contribution in [0.15, 0.2) is 42.5 Å². The van der Waals surface area contributed by atoms with Crippen LogP contribution in [0.5, 0.6) is 0 Å². The molecule has 2 aromatic rings. The van der Waals surface area contributed by atoms with Gasteiger partial charge in [0.1, 0.15) is 5.66 Å². The molecule has 2 aromatic carbocycles. The van der Waals surface area contributed by atoms with Gasteiger partial charge in [0.05, 0.1) is 11.4 Å². The van der Waals surface area contributed by atoms with Crippen LogP contribution < -0.4 is 16.0 Å². The molecule has 1 fully saturated rings. The molecular formula is C25H33N3. The molecule has 3 nitrogen and oxygen atoms in total. The fraction of sp³-hybridized carbons (Fsp3) is 0.520. The first kappa shape index (κ1) is 18.1. The molecule has 3 aliphatic rings. The molecule has 3 heteroatoms. The molecule has 0 spiro atoms. The van der Waals surface area contributed by atoms with Crippen molar-refractivity contribution in [3.63, 3.8) is 0 Å². The lowest BCUT2D eigenvalue weighted by Gasteiger charge is -2.40. The van der Waals surface area contributed by atoms with E-state index in [0.717, 1.165) is 5.92 Å². The van der Waals surface area contributed by atoms with Crippen molar-refractivity contribution in [2.45, 2.75) is 64.1 Å². The van der Waals surface area contributed by atoms with Crippen LogP contribution in [0.4, 0.5) is 11.4 Å². The minimum atomic E-state index is -0.00576. The number of benzene rings is 2. The Morgan fingerprint density at radius 1 is 0.929 bits per heavy atom. The van der Waals surface area contributed by atoms with Crippen molar-refractivity contribution in [2.75, 3.05) is 17.2 Å². The van der Waals surface area contributed by atoms with Crippen LogP contribution in [0.2, 0.25) is 0 Å². The van der Waals surface area contributed by atoms with Crippen LogP contribution >= 0.6 is 0 Å². The number of aryl methyl sites for hydroxylation is 1. The molecular weight excluding hydrogens is 342 g/mol. The van der Waals surface area contributed by atoms with Gasteiger partial charge in [-0.2, -0.15) is 0 Å². The highest BCUT2D eigenvalue weighted by molar-refractivity contribution is 5.76. The molecule has 1 unspecified atom stereocenters. The Bertz CT molecular complexity index is 828. The van der Waals surface area contributed by atoms with Crippen molar-refractivity contribution < 1.29 is 0 Å². The Morgan fingerprint density at radius 2 is 1.61 bits per heavy atom. The minimum absolute atomic E-state index is 0.00576. The number of hydrogen-bond acceptors (Lipinski definition) is 3.